The highest BCUT2D eigenvalue weighted by molar-refractivity contribution is 8.00. The molecule has 2 aliphatic heterocycles. The van der Waals surface area contributed by atoms with Gasteiger partial charge in [-0.1, -0.05) is 30.1 Å². The first-order valence-electron chi connectivity index (χ1n) is 26.6. The van der Waals surface area contributed by atoms with Crippen molar-refractivity contribution in [2.45, 2.75) is 126 Å². The van der Waals surface area contributed by atoms with Crippen LogP contribution in [0, 0.1) is 0 Å². The highest BCUT2D eigenvalue weighted by atomic mass is 32.2. The molecule has 0 aliphatic carbocycles. The molecule has 28 heteroatoms. The molecule has 2 aromatic heterocycles. The van der Waals surface area contributed by atoms with Crippen LogP contribution in [-0.2, 0) is 30.5 Å². The quantitative estimate of drug-likeness (QED) is 0.0103. The lowest BCUT2D eigenvalue weighted by Crippen LogP contribution is -2.47. The van der Waals surface area contributed by atoms with Crippen molar-refractivity contribution < 1.29 is 48.6 Å². The fourth-order valence-corrected chi connectivity index (χ4v) is 10.5. The number of carbonyl (C=O) groups is 8. The third-order valence-corrected chi connectivity index (χ3v) is 14.8. The average molecular weight is 1120 g/mol. The number of hydrogen-bond acceptors (Lipinski definition) is 17. The summed E-state index contributed by atoms with van der Waals surface area (Å²) < 4.78 is 0. The fourth-order valence-electron chi connectivity index (χ4n) is 8.97. The molecular weight excluding hydrogens is 1050 g/mol. The monoisotopic (exact) mass is 1120 g/mol. The van der Waals surface area contributed by atoms with E-state index in [-0.39, 0.29) is 78.6 Å². The number of carboxylic acid groups (broad SMARTS) is 2. The summed E-state index contributed by atoms with van der Waals surface area (Å²) in [6.45, 7) is 1.74. The summed E-state index contributed by atoms with van der Waals surface area (Å²) in [4.78, 5) is 121. The van der Waals surface area contributed by atoms with E-state index < -0.39 is 48.2 Å². The van der Waals surface area contributed by atoms with Crippen molar-refractivity contribution in [2.75, 3.05) is 54.9 Å². The first-order valence-corrected chi connectivity index (χ1v) is 27.7. The lowest BCUT2D eigenvalue weighted by Gasteiger charge is -2.20. The highest BCUT2D eigenvalue weighted by Crippen LogP contribution is 2.33. The van der Waals surface area contributed by atoms with E-state index in [1.807, 2.05) is 16.7 Å². The van der Waals surface area contributed by atoms with Crippen molar-refractivity contribution in [1.29, 1.82) is 0 Å². The number of amides is 7. The van der Waals surface area contributed by atoms with Gasteiger partial charge in [0.1, 0.15) is 12.1 Å². The van der Waals surface area contributed by atoms with Crippen LogP contribution in [0.3, 0.4) is 0 Å². The fraction of sp³-hybridized carbons (Fsp3) is 0.500. The number of urea groups is 1. The maximum atomic E-state index is 13.6. The van der Waals surface area contributed by atoms with Gasteiger partial charge in [-0.25, -0.2) is 19.6 Å². The summed E-state index contributed by atoms with van der Waals surface area (Å²) >= 11 is 1.87. The lowest BCUT2D eigenvalue weighted by atomic mass is 10.0. The van der Waals surface area contributed by atoms with E-state index in [1.165, 1.54) is 36.4 Å². The number of anilines is 3. The Labute approximate surface area is 465 Å². The summed E-state index contributed by atoms with van der Waals surface area (Å²) in [5.41, 5.74) is 17.4. The molecule has 428 valence electrons. The van der Waals surface area contributed by atoms with E-state index in [2.05, 4.69) is 67.5 Å². The first kappa shape index (κ1) is 60.7. The van der Waals surface area contributed by atoms with Gasteiger partial charge in [-0.3, -0.25) is 28.8 Å². The molecule has 27 nitrogen and oxygen atoms in total. The van der Waals surface area contributed by atoms with Gasteiger partial charge in [-0.05, 0) is 99.7 Å². The number of unbranched alkanes of at least 4 members (excludes halogenated alkanes) is 4. The first-order chi connectivity index (χ1) is 38.6. The molecule has 5 atom stereocenters. The number of azide groups is 1. The number of thioether (sulfide) groups is 1. The molecule has 0 saturated carbocycles. The van der Waals surface area contributed by atoms with Gasteiger partial charge in [-0.2, -0.15) is 21.7 Å². The smallest absolute Gasteiger partial charge is 0.326 e. The summed E-state index contributed by atoms with van der Waals surface area (Å²) in [5.74, 6) is -2.97. The number of hydrogen-bond donors (Lipinski definition) is 11. The molecule has 2 saturated heterocycles. The van der Waals surface area contributed by atoms with E-state index in [1.54, 1.807) is 25.4 Å². The topological polar surface area (TPSA) is 403 Å². The van der Waals surface area contributed by atoms with Gasteiger partial charge >= 0.3 is 18.0 Å². The van der Waals surface area contributed by atoms with Crippen molar-refractivity contribution >= 4 is 93.6 Å². The number of aliphatic carboxylic acids is 2. The van der Waals surface area contributed by atoms with E-state index >= 15 is 0 Å². The van der Waals surface area contributed by atoms with Crippen molar-refractivity contribution in [3.05, 3.63) is 82.0 Å². The Kier molecular flexibility index (Phi) is 23.7. The lowest BCUT2D eigenvalue weighted by molar-refractivity contribution is -0.140. The van der Waals surface area contributed by atoms with Crippen LogP contribution in [0.25, 0.3) is 21.6 Å². The SMILES string of the molecule is CN(Cc1cnc2nc(N)nc(NCCCNC(=O)[C@@H](CCCCNC(=O)CCCCCNC(=O)CCCC[C@@H]3SC[C@H]4NC(=O)N[C@@H]34)NC(=O)c3ccc(N=[N+]=[N-])cc3)c2n1)c1ccc(C(=O)N[C@H](CCC(=O)O)C(=O)O)cc1. The van der Waals surface area contributed by atoms with Crippen LogP contribution >= 0.6 is 11.8 Å². The number of carboxylic acids is 2. The van der Waals surface area contributed by atoms with Crippen molar-refractivity contribution in [3.63, 3.8) is 0 Å². The molecule has 0 radical (unpaired) electrons. The molecule has 0 spiro atoms. The van der Waals surface area contributed by atoms with Gasteiger partial charge in [0.05, 0.1) is 30.5 Å². The standard InChI is InChI=1S/C52H69N17O10S/c1-69(35-20-16-32(17-21-35)48(75)62-37(50(77)78)22-23-42(72)73)29-34-28-59-46-44(60-34)45(65-51(53)66-46)57-26-9-27-58-49(76)36(61-47(74)31-14-18-33(19-15-31)67-68-54)10-6-8-25-56-40(70)12-3-2-7-24-55-41(71)13-5-4-11-39-43-38(30-80-39)63-52(79)64-43/h14-21,28,36-39,43H,2-13,22-27,29-30H2,1H3,(H,55,71)(H,56,70)(H,58,76)(H,61,74)(H,62,75)(H,72,73)(H,77,78)(H2,63,64,79)(H3,53,57,59,65,66)/t36-,37-,38-,39+,43-/m1/s1. The minimum atomic E-state index is -1.36. The van der Waals surface area contributed by atoms with E-state index in [0.717, 1.165) is 37.9 Å². The number of nitrogens with two attached hydrogens (primary N) is 1. The molecule has 4 aromatic rings. The molecule has 2 fully saturated rings. The van der Waals surface area contributed by atoms with Crippen LogP contribution in [0.4, 0.5) is 27.9 Å². The Balaban J connectivity index is 0.905. The van der Waals surface area contributed by atoms with Gasteiger partial charge < -0.3 is 63.4 Å². The summed E-state index contributed by atoms with van der Waals surface area (Å²) in [6.07, 6.45) is 8.32. The minimum Gasteiger partial charge on any atom is -0.481 e. The molecular formula is C52H69N17O10S. The zero-order chi connectivity index (χ0) is 57.4. The summed E-state index contributed by atoms with van der Waals surface area (Å²) in [6, 6.07) is 10.3. The largest absolute Gasteiger partial charge is 0.481 e. The molecule has 7 amide bonds. The molecule has 12 N–H and O–H groups in total. The third kappa shape index (κ3) is 19.4. The Morgan fingerprint density at radius 3 is 2.10 bits per heavy atom. The number of fused-ring (bicyclic) bond motifs is 2. The van der Waals surface area contributed by atoms with Gasteiger partial charge in [0.15, 0.2) is 17.0 Å². The molecule has 0 bridgehead atoms. The molecule has 80 heavy (non-hydrogen) atoms. The van der Waals surface area contributed by atoms with Gasteiger partial charge in [0.2, 0.25) is 23.7 Å². The molecule has 0 unspecified atom stereocenters. The molecule has 2 aliphatic rings. The van der Waals surface area contributed by atoms with Crippen molar-refractivity contribution in [2.24, 2.45) is 5.11 Å². The van der Waals surface area contributed by atoms with Crippen molar-refractivity contribution in [1.82, 2.24) is 57.2 Å². The van der Waals surface area contributed by atoms with Crippen LogP contribution in [0.1, 0.15) is 116 Å². The minimum absolute atomic E-state index is 0.0186. The second-order valence-electron chi connectivity index (χ2n) is 19.4. The average Bonchev–Trinajstić information content (AvgIpc) is 4.03. The summed E-state index contributed by atoms with van der Waals surface area (Å²) in [7, 11) is 1.80. The second-order valence-corrected chi connectivity index (χ2v) is 20.6. The Bertz CT molecular complexity index is 2860. The summed E-state index contributed by atoms with van der Waals surface area (Å²) in [5, 5.41) is 45.4. The van der Waals surface area contributed by atoms with Crippen LogP contribution in [0.15, 0.2) is 59.8 Å². The molecule has 2 aromatic carbocycles. The number of nitrogen functional groups attached to an aromatic ring is 1. The van der Waals surface area contributed by atoms with E-state index in [4.69, 9.17) is 21.4 Å². The zero-order valence-corrected chi connectivity index (χ0v) is 45.3. The maximum absolute atomic E-state index is 13.6. The predicted molar refractivity (Wildman–Crippen MR) is 299 cm³/mol. The zero-order valence-electron chi connectivity index (χ0n) is 44.4. The van der Waals surface area contributed by atoms with Gasteiger partial charge in [0.25, 0.3) is 11.8 Å². The number of nitrogens with zero attached hydrogens (tertiary/aromatic N) is 8. The van der Waals surface area contributed by atoms with Gasteiger partial charge in [-0.15, -0.1) is 0 Å². The second kappa shape index (κ2) is 31.2. The third-order valence-electron chi connectivity index (χ3n) is 13.3. The van der Waals surface area contributed by atoms with Crippen molar-refractivity contribution in [3.8, 4) is 0 Å². The van der Waals surface area contributed by atoms with Crippen LogP contribution in [-0.4, -0.2) is 146 Å². The van der Waals surface area contributed by atoms with Gasteiger partial charge in [0, 0.05) is 90.9 Å². The van der Waals surface area contributed by atoms with E-state index in [9.17, 15) is 43.5 Å². The van der Waals surface area contributed by atoms with Crippen LogP contribution in [0.2, 0.25) is 0 Å². The normalized spacial score (nSPS) is 15.9. The number of rotatable bonds is 34. The van der Waals surface area contributed by atoms with Crippen LogP contribution in [0.5, 0.6) is 0 Å². The molecule has 4 heterocycles. The Morgan fingerprint density at radius 2 is 1.43 bits per heavy atom. The number of carbonyl (C=O) groups excluding carboxylic acids is 6. The van der Waals surface area contributed by atoms with Crippen LogP contribution < -0.4 is 53.2 Å². The van der Waals surface area contributed by atoms with E-state index in [0.29, 0.717) is 91.8 Å². The Morgan fingerprint density at radius 1 is 0.775 bits per heavy atom. The predicted octanol–water partition coefficient (Wildman–Crippen LogP) is 4.03. The molecule has 6 rings (SSSR count). The number of nitrogens with one attached hydrogen (secondary N) is 8. The number of benzene rings is 2. The Hall–Kier alpha value is -8.52. The highest BCUT2D eigenvalue weighted by Gasteiger charge is 2.42. The number of aromatic nitrogens is 4. The maximum Gasteiger partial charge on any atom is 0.326 e.